The quantitative estimate of drug-likeness (QED) is 0.642. The lowest BCUT2D eigenvalue weighted by atomic mass is 9.83. The van der Waals surface area contributed by atoms with Gasteiger partial charge < -0.3 is 15.1 Å². The highest BCUT2D eigenvalue weighted by atomic mass is 16.4. The van der Waals surface area contributed by atoms with Crippen molar-refractivity contribution in [3.63, 3.8) is 0 Å². The van der Waals surface area contributed by atoms with Crippen LogP contribution < -0.4 is 0 Å². The smallest absolute Gasteiger partial charge is 0.337 e. The predicted octanol–water partition coefficient (Wildman–Crippen LogP) is 1.26. The molecule has 0 saturated carbocycles. The van der Waals surface area contributed by atoms with Gasteiger partial charge in [0.15, 0.2) is 0 Å². The molecule has 23 heavy (non-hydrogen) atoms. The van der Waals surface area contributed by atoms with E-state index in [0.717, 1.165) is 0 Å². The number of β-lactam (4-membered cyclic amide) rings is 1. The monoisotopic (exact) mass is 316 g/mol. The highest BCUT2D eigenvalue weighted by Crippen LogP contribution is 2.49. The van der Waals surface area contributed by atoms with Crippen LogP contribution in [0.5, 0.6) is 0 Å². The van der Waals surface area contributed by atoms with Gasteiger partial charge in [-0.15, -0.1) is 0 Å². The number of rotatable bonds is 3. The van der Waals surface area contributed by atoms with Gasteiger partial charge in [0.05, 0.1) is 17.3 Å². The number of carbonyl (C=O) groups is 3. The van der Waals surface area contributed by atoms with Crippen molar-refractivity contribution in [2.24, 2.45) is 5.41 Å². The van der Waals surface area contributed by atoms with Gasteiger partial charge in [-0.25, -0.2) is 9.59 Å². The van der Waals surface area contributed by atoms with E-state index >= 15 is 0 Å². The van der Waals surface area contributed by atoms with Crippen LogP contribution in [-0.2, 0) is 9.59 Å². The summed E-state index contributed by atoms with van der Waals surface area (Å²) in [4.78, 5) is 40.0. The Morgan fingerprint density at radius 1 is 1.35 bits per heavy atom. The van der Waals surface area contributed by atoms with Crippen LogP contribution in [0, 0.1) is 5.41 Å². The average molecular weight is 316 g/mol. The van der Waals surface area contributed by atoms with Crippen molar-refractivity contribution >= 4 is 23.9 Å². The number of aromatic nitrogens is 1. The fraction of sp³-hybridized carbons (Fsp3) is 0.375. The molecular formula is C16H16N2O5. The molecule has 7 heteroatoms. The van der Waals surface area contributed by atoms with Crippen LogP contribution >= 0.6 is 0 Å². The molecule has 0 spiro atoms. The van der Waals surface area contributed by atoms with E-state index in [9.17, 15) is 19.5 Å². The van der Waals surface area contributed by atoms with Gasteiger partial charge in [0.1, 0.15) is 6.04 Å². The molecule has 2 fully saturated rings. The van der Waals surface area contributed by atoms with Crippen LogP contribution in [0.4, 0.5) is 0 Å². The molecular weight excluding hydrogens is 300 g/mol. The van der Waals surface area contributed by atoms with Crippen LogP contribution in [0.15, 0.2) is 23.9 Å². The summed E-state index contributed by atoms with van der Waals surface area (Å²) in [6, 6.07) is 1.90. The summed E-state index contributed by atoms with van der Waals surface area (Å²) in [5.74, 6) is -2.35. The summed E-state index contributed by atoms with van der Waals surface area (Å²) in [7, 11) is 0. The zero-order valence-electron chi connectivity index (χ0n) is 12.7. The van der Waals surface area contributed by atoms with Crippen molar-refractivity contribution in [2.75, 3.05) is 0 Å². The van der Waals surface area contributed by atoms with Crippen LogP contribution in [0.1, 0.15) is 36.3 Å². The number of aliphatic carboxylic acids is 1. The molecule has 2 aliphatic heterocycles. The first kappa shape index (κ1) is 15.2. The topological polar surface area (TPSA) is 108 Å². The van der Waals surface area contributed by atoms with Gasteiger partial charge in [-0.3, -0.25) is 9.78 Å². The molecule has 0 aliphatic carbocycles. The van der Waals surface area contributed by atoms with Crippen molar-refractivity contribution in [1.29, 1.82) is 0 Å². The summed E-state index contributed by atoms with van der Waals surface area (Å²) in [5, 5.41) is 18.2. The van der Waals surface area contributed by atoms with Gasteiger partial charge in [0.25, 0.3) is 5.91 Å². The molecule has 0 bridgehead atoms. The molecule has 1 amide bonds. The van der Waals surface area contributed by atoms with E-state index in [4.69, 9.17) is 5.11 Å². The van der Waals surface area contributed by atoms with Crippen molar-refractivity contribution in [3.05, 3.63) is 35.2 Å². The first-order valence-corrected chi connectivity index (χ1v) is 7.19. The Labute approximate surface area is 132 Å². The molecule has 3 rings (SSSR count). The number of carboxylic acids is 2. The van der Waals surface area contributed by atoms with Gasteiger partial charge in [-0.1, -0.05) is 13.8 Å². The third kappa shape index (κ3) is 2.28. The van der Waals surface area contributed by atoms with Gasteiger partial charge in [0.2, 0.25) is 0 Å². The molecule has 1 aromatic heterocycles. The van der Waals surface area contributed by atoms with E-state index in [2.05, 4.69) is 4.98 Å². The van der Waals surface area contributed by atoms with Crippen molar-refractivity contribution in [3.8, 4) is 0 Å². The lowest BCUT2D eigenvalue weighted by molar-refractivity contribution is -0.154. The Balaban J connectivity index is 1.88. The standard InChI is InChI=1S/C16H16N2O5/c1-16(2)6-11-10(13(19)18(11)12(16)15(22)23)5-9-4-3-8(7-17-9)14(20)21/h3-5,7,11-12H,6H2,1-2H3,(H,20,21)(H,22,23)/b10-5+/t11?,12-/m0/s1. The Morgan fingerprint density at radius 2 is 2.04 bits per heavy atom. The number of carboxylic acid groups (broad SMARTS) is 2. The Kier molecular flexibility index (Phi) is 3.24. The molecule has 120 valence electrons. The largest absolute Gasteiger partial charge is 0.480 e. The van der Waals surface area contributed by atoms with Gasteiger partial charge in [-0.2, -0.15) is 0 Å². The second-order valence-electron chi connectivity index (χ2n) is 6.54. The highest BCUT2D eigenvalue weighted by Gasteiger charge is 2.60. The number of hydrogen-bond acceptors (Lipinski definition) is 4. The van der Waals surface area contributed by atoms with Crippen LogP contribution in [0.3, 0.4) is 0 Å². The third-order valence-electron chi connectivity index (χ3n) is 4.48. The van der Waals surface area contributed by atoms with Gasteiger partial charge >= 0.3 is 11.9 Å². The summed E-state index contributed by atoms with van der Waals surface area (Å²) in [6.45, 7) is 3.68. The lowest BCUT2D eigenvalue weighted by Gasteiger charge is -2.40. The van der Waals surface area contributed by atoms with E-state index < -0.39 is 23.4 Å². The van der Waals surface area contributed by atoms with Crippen LogP contribution in [0.2, 0.25) is 0 Å². The summed E-state index contributed by atoms with van der Waals surface area (Å²) < 4.78 is 0. The second-order valence-corrected chi connectivity index (χ2v) is 6.54. The molecule has 0 radical (unpaired) electrons. The van der Waals surface area contributed by atoms with Crippen molar-refractivity contribution in [2.45, 2.75) is 32.4 Å². The number of nitrogens with zero attached hydrogens (tertiary/aromatic N) is 2. The normalized spacial score (nSPS) is 26.8. The lowest BCUT2D eigenvalue weighted by Crippen LogP contribution is -2.57. The maximum Gasteiger partial charge on any atom is 0.337 e. The number of hydrogen-bond donors (Lipinski definition) is 2. The SMILES string of the molecule is CC1(C)CC2/C(=C\c3ccc(C(=O)O)cn3)C(=O)N2[C@H]1C(=O)O. The van der Waals surface area contributed by atoms with E-state index in [0.29, 0.717) is 17.7 Å². The number of pyridine rings is 1. The highest BCUT2D eigenvalue weighted by molar-refractivity contribution is 6.08. The zero-order valence-corrected chi connectivity index (χ0v) is 12.7. The number of amides is 1. The zero-order chi connectivity index (χ0) is 16.9. The Hall–Kier alpha value is -2.70. The molecule has 7 nitrogen and oxygen atoms in total. The Morgan fingerprint density at radius 3 is 2.57 bits per heavy atom. The Bertz CT molecular complexity index is 735. The summed E-state index contributed by atoms with van der Waals surface area (Å²) in [6.07, 6.45) is 3.42. The molecule has 2 N–H and O–H groups in total. The minimum Gasteiger partial charge on any atom is -0.480 e. The molecule has 3 heterocycles. The maximum absolute atomic E-state index is 12.3. The molecule has 2 saturated heterocycles. The molecule has 2 atom stereocenters. The van der Waals surface area contributed by atoms with Crippen molar-refractivity contribution < 1.29 is 24.6 Å². The molecule has 1 unspecified atom stereocenters. The minimum atomic E-state index is -1.07. The maximum atomic E-state index is 12.3. The van der Waals surface area contributed by atoms with E-state index in [1.165, 1.54) is 23.2 Å². The van der Waals surface area contributed by atoms with Gasteiger partial charge in [0, 0.05) is 11.8 Å². The van der Waals surface area contributed by atoms with E-state index in [1.54, 1.807) is 6.08 Å². The first-order chi connectivity index (χ1) is 10.7. The molecule has 1 aromatic rings. The summed E-state index contributed by atoms with van der Waals surface area (Å²) >= 11 is 0. The first-order valence-electron chi connectivity index (χ1n) is 7.19. The summed E-state index contributed by atoms with van der Waals surface area (Å²) in [5.41, 5.74) is 0.580. The molecule has 2 aliphatic rings. The number of fused-ring (bicyclic) bond motifs is 1. The van der Waals surface area contributed by atoms with Gasteiger partial charge in [-0.05, 0) is 30.0 Å². The van der Waals surface area contributed by atoms with E-state index in [-0.39, 0.29) is 17.5 Å². The minimum absolute atomic E-state index is 0.0710. The fourth-order valence-electron chi connectivity index (χ4n) is 3.40. The average Bonchev–Trinajstić information content (AvgIpc) is 2.73. The molecule has 0 aromatic carbocycles. The van der Waals surface area contributed by atoms with Crippen LogP contribution in [-0.4, -0.2) is 50.0 Å². The number of aromatic carboxylic acids is 1. The third-order valence-corrected chi connectivity index (χ3v) is 4.48. The second kappa shape index (κ2) is 4.91. The van der Waals surface area contributed by atoms with Crippen LogP contribution in [0.25, 0.3) is 6.08 Å². The van der Waals surface area contributed by atoms with Crippen molar-refractivity contribution in [1.82, 2.24) is 9.88 Å². The predicted molar refractivity (Wildman–Crippen MR) is 79.6 cm³/mol. The van der Waals surface area contributed by atoms with E-state index in [1.807, 2.05) is 13.8 Å². The number of carbonyl (C=O) groups excluding carboxylic acids is 1. The fourth-order valence-corrected chi connectivity index (χ4v) is 3.40.